The molecule has 1 aliphatic rings. The van der Waals surface area contributed by atoms with Crippen molar-refractivity contribution in [3.05, 3.63) is 65.7 Å². The first kappa shape index (κ1) is 20.1. The Morgan fingerprint density at radius 2 is 1.38 bits per heavy atom. The Morgan fingerprint density at radius 3 is 1.92 bits per heavy atom. The molecule has 0 radical (unpaired) electrons. The van der Waals surface area contributed by atoms with Crippen molar-refractivity contribution in [3.8, 4) is 0 Å². The zero-order valence-corrected chi connectivity index (χ0v) is 15.1. The Kier molecular flexibility index (Phi) is 9.04. The predicted molar refractivity (Wildman–Crippen MR) is 97.6 cm³/mol. The number of hydrogen-bond donors (Lipinski definition) is 1. The highest BCUT2D eigenvalue weighted by Gasteiger charge is 2.19. The number of rotatable bonds is 3. The monoisotopic (exact) mass is 351 g/mol. The van der Waals surface area contributed by atoms with E-state index in [2.05, 4.69) is 10.5 Å². The summed E-state index contributed by atoms with van der Waals surface area (Å²) in [5.41, 5.74) is 4.08. The molecule has 1 atom stereocenters. The molecule has 3 nitrogen and oxygen atoms in total. The molecule has 1 unspecified atom stereocenters. The van der Waals surface area contributed by atoms with Gasteiger partial charge >= 0.3 is 0 Å². The van der Waals surface area contributed by atoms with Gasteiger partial charge in [-0.2, -0.15) is 15.1 Å². The molecular weight excluding hydrogens is 328 g/mol. The van der Waals surface area contributed by atoms with Gasteiger partial charge in [0.1, 0.15) is 11.6 Å². The molecule has 3 rings (SSSR count). The number of halogens is 2. The van der Waals surface area contributed by atoms with E-state index >= 15 is 0 Å². The molecule has 0 aliphatic carbocycles. The fourth-order valence-corrected chi connectivity index (χ4v) is 2.51. The molecule has 0 aromatic heterocycles. The van der Waals surface area contributed by atoms with Crippen molar-refractivity contribution < 1.29 is 8.78 Å². The van der Waals surface area contributed by atoms with E-state index in [4.69, 9.17) is 0 Å². The van der Waals surface area contributed by atoms with Crippen molar-refractivity contribution in [2.75, 3.05) is 0 Å². The highest BCUT2D eigenvalue weighted by atomic mass is 32.2. The second-order valence-electron chi connectivity index (χ2n) is 4.24. The van der Waals surface area contributed by atoms with E-state index in [1.165, 1.54) is 36.2 Å². The van der Waals surface area contributed by atoms with Crippen LogP contribution in [-0.2, 0) is 0 Å². The van der Waals surface area contributed by atoms with Gasteiger partial charge < -0.3 is 0 Å². The van der Waals surface area contributed by atoms with Crippen LogP contribution >= 0.6 is 11.9 Å². The predicted octanol–water partition coefficient (Wildman–Crippen LogP) is 5.57. The Bertz CT molecular complexity index is 615. The molecule has 0 spiro atoms. The molecule has 0 fully saturated rings. The van der Waals surface area contributed by atoms with Crippen LogP contribution in [0.4, 0.5) is 8.78 Å². The Labute approximate surface area is 146 Å². The maximum absolute atomic E-state index is 12.9. The second kappa shape index (κ2) is 10.8. The first-order valence-corrected chi connectivity index (χ1v) is 8.77. The van der Waals surface area contributed by atoms with E-state index in [9.17, 15) is 8.78 Å². The lowest BCUT2D eigenvalue weighted by Crippen LogP contribution is -2.25. The van der Waals surface area contributed by atoms with Crippen LogP contribution in [0.5, 0.6) is 0 Å². The van der Waals surface area contributed by atoms with E-state index in [-0.39, 0.29) is 17.7 Å². The molecule has 0 saturated heterocycles. The Morgan fingerprint density at radius 1 is 0.875 bits per heavy atom. The third-order valence-corrected chi connectivity index (χ3v) is 3.66. The van der Waals surface area contributed by atoms with E-state index < -0.39 is 0 Å². The van der Waals surface area contributed by atoms with Crippen LogP contribution in [-0.4, -0.2) is 10.7 Å². The number of benzene rings is 2. The zero-order chi connectivity index (χ0) is 17.9. The topological polar surface area (TPSA) is 27.6 Å². The highest BCUT2D eigenvalue weighted by molar-refractivity contribution is 7.97. The first-order valence-electron chi connectivity index (χ1n) is 8.00. The number of hydrogen-bond acceptors (Lipinski definition) is 4. The Balaban J connectivity index is 0.000000671. The van der Waals surface area contributed by atoms with Crippen molar-refractivity contribution in [2.45, 2.75) is 38.6 Å². The summed E-state index contributed by atoms with van der Waals surface area (Å²) in [4.78, 5) is 0.871. The minimum atomic E-state index is -0.267. The van der Waals surface area contributed by atoms with Gasteiger partial charge in [-0.05, 0) is 42.0 Å². The van der Waals surface area contributed by atoms with Crippen molar-refractivity contribution in [1.82, 2.24) is 9.95 Å². The summed E-state index contributed by atoms with van der Waals surface area (Å²) < 4.78 is 27.3. The number of nitrogens with one attached hydrogen (secondary N) is 1. The van der Waals surface area contributed by atoms with Gasteiger partial charge in [0.25, 0.3) is 0 Å². The van der Waals surface area contributed by atoms with Gasteiger partial charge in [-0.25, -0.2) is 8.78 Å². The smallest absolute Gasteiger partial charge is 0.123 e. The summed E-state index contributed by atoms with van der Waals surface area (Å²) >= 11 is 1.35. The van der Waals surface area contributed by atoms with E-state index in [0.29, 0.717) is 0 Å². The van der Waals surface area contributed by atoms with E-state index in [1.807, 2.05) is 27.7 Å². The molecular formula is C18H23F2N3S. The van der Waals surface area contributed by atoms with Gasteiger partial charge in [-0.15, -0.1) is 0 Å². The molecule has 0 amide bonds. The summed E-state index contributed by atoms with van der Waals surface area (Å²) in [6, 6.07) is 12.3. The van der Waals surface area contributed by atoms with Crippen molar-refractivity contribution in [3.63, 3.8) is 0 Å². The lowest BCUT2D eigenvalue weighted by molar-refractivity contribution is 0.387. The third kappa shape index (κ3) is 5.94. The number of nitrogens with zero attached hydrogens (tertiary/aromatic N) is 2. The minimum Gasteiger partial charge on any atom is -0.207 e. The molecule has 0 saturated carbocycles. The van der Waals surface area contributed by atoms with Crippen molar-refractivity contribution in [1.29, 1.82) is 0 Å². The molecule has 2 aromatic rings. The number of hydrazine groups is 1. The summed E-state index contributed by atoms with van der Waals surface area (Å²) in [6.45, 7) is 8.00. The summed E-state index contributed by atoms with van der Waals surface area (Å²) in [5, 5.41) is 4.21. The van der Waals surface area contributed by atoms with Crippen molar-refractivity contribution >= 4 is 18.2 Å². The van der Waals surface area contributed by atoms with Crippen LogP contribution in [0.25, 0.3) is 0 Å². The Hall–Kier alpha value is -1.92. The average Bonchev–Trinajstić information content (AvgIpc) is 3.10. The van der Waals surface area contributed by atoms with Crippen LogP contribution in [0, 0.1) is 11.6 Å². The SMILES string of the molecule is CC.CC.Fc1ccc(SN2N=CC(c3ccc(F)cc3)N2)cc1. The fourth-order valence-electron chi connectivity index (χ4n) is 1.79. The van der Waals surface area contributed by atoms with Crippen LogP contribution in [0.3, 0.4) is 0 Å². The summed E-state index contributed by atoms with van der Waals surface area (Å²) in [7, 11) is 0. The molecule has 1 heterocycles. The fraction of sp³-hybridized carbons (Fsp3) is 0.278. The summed E-state index contributed by atoms with van der Waals surface area (Å²) in [5.74, 6) is -0.530. The molecule has 1 aliphatic heterocycles. The van der Waals surface area contributed by atoms with E-state index in [0.717, 1.165) is 10.5 Å². The van der Waals surface area contributed by atoms with Crippen LogP contribution in [0.15, 0.2) is 58.5 Å². The maximum Gasteiger partial charge on any atom is 0.123 e. The van der Waals surface area contributed by atoms with Crippen LogP contribution in [0.2, 0.25) is 0 Å². The van der Waals surface area contributed by atoms with Crippen LogP contribution in [0.1, 0.15) is 39.3 Å². The lowest BCUT2D eigenvalue weighted by atomic mass is 10.1. The lowest BCUT2D eigenvalue weighted by Gasteiger charge is -2.16. The average molecular weight is 351 g/mol. The zero-order valence-electron chi connectivity index (χ0n) is 14.3. The minimum absolute atomic E-state index is 0.0939. The summed E-state index contributed by atoms with van der Waals surface area (Å²) in [6.07, 6.45) is 1.74. The molecule has 24 heavy (non-hydrogen) atoms. The van der Waals surface area contributed by atoms with Crippen LogP contribution < -0.4 is 5.43 Å². The van der Waals surface area contributed by atoms with Gasteiger partial charge in [-0.1, -0.05) is 39.8 Å². The quantitative estimate of drug-likeness (QED) is 0.732. The third-order valence-electron chi connectivity index (χ3n) is 2.80. The van der Waals surface area contributed by atoms with Crippen molar-refractivity contribution in [2.24, 2.45) is 5.10 Å². The molecule has 130 valence electrons. The highest BCUT2D eigenvalue weighted by Crippen LogP contribution is 2.26. The standard InChI is InChI=1S/C14H11F2N3S.2C2H6/c15-11-3-1-10(2-4-11)14-9-17-19(18-14)20-13-7-5-12(16)6-8-13;2*1-2/h1-9,14,18H;2*1-2H3. The second-order valence-corrected chi connectivity index (χ2v) is 5.24. The van der Waals surface area contributed by atoms with Gasteiger partial charge in [0.2, 0.25) is 0 Å². The first-order chi connectivity index (χ1) is 11.7. The van der Waals surface area contributed by atoms with Gasteiger partial charge in [0.05, 0.1) is 12.3 Å². The maximum atomic E-state index is 12.9. The normalized spacial score (nSPS) is 15.2. The van der Waals surface area contributed by atoms with Gasteiger partial charge in [-0.3, -0.25) is 0 Å². The molecule has 6 heteroatoms. The van der Waals surface area contributed by atoms with Gasteiger partial charge in [0.15, 0.2) is 0 Å². The molecule has 1 N–H and O–H groups in total. The number of hydrazone groups is 1. The van der Waals surface area contributed by atoms with E-state index in [1.54, 1.807) is 35.0 Å². The molecule has 2 aromatic carbocycles. The molecule has 0 bridgehead atoms. The van der Waals surface area contributed by atoms with Gasteiger partial charge in [0, 0.05) is 16.8 Å². The largest absolute Gasteiger partial charge is 0.207 e.